The van der Waals surface area contributed by atoms with E-state index in [0.717, 1.165) is 6.26 Å². The van der Waals surface area contributed by atoms with Crippen LogP contribution in [0, 0.1) is 6.92 Å². The molecule has 10 heteroatoms. The first kappa shape index (κ1) is 17.7. The summed E-state index contributed by atoms with van der Waals surface area (Å²) in [6, 6.07) is 0. The van der Waals surface area contributed by atoms with Gasteiger partial charge in [-0.25, -0.2) is 18.4 Å². The summed E-state index contributed by atoms with van der Waals surface area (Å²) in [5.41, 5.74) is 0. The van der Waals surface area contributed by atoms with Crippen LogP contribution in [0.5, 0.6) is 0 Å². The second-order valence-electron chi connectivity index (χ2n) is 5.98. The van der Waals surface area contributed by atoms with Crippen molar-refractivity contribution < 1.29 is 17.7 Å². The van der Waals surface area contributed by atoms with E-state index >= 15 is 0 Å². The predicted octanol–water partition coefficient (Wildman–Crippen LogP) is 0.582. The van der Waals surface area contributed by atoms with Crippen LogP contribution in [0.25, 0.3) is 0 Å². The van der Waals surface area contributed by atoms with Gasteiger partial charge in [0.25, 0.3) is 0 Å². The van der Waals surface area contributed by atoms with Crippen molar-refractivity contribution >= 4 is 15.7 Å². The van der Waals surface area contributed by atoms with Gasteiger partial charge in [0.2, 0.25) is 5.89 Å². The van der Waals surface area contributed by atoms with Crippen LogP contribution >= 0.6 is 0 Å². The van der Waals surface area contributed by atoms with Gasteiger partial charge >= 0.3 is 0 Å². The fourth-order valence-corrected chi connectivity index (χ4v) is 3.44. The van der Waals surface area contributed by atoms with Crippen LogP contribution in [0.3, 0.4) is 0 Å². The number of ether oxygens (including phenoxy) is 1. The second-order valence-corrected chi connectivity index (χ2v) is 7.96. The molecule has 1 aliphatic heterocycles. The van der Waals surface area contributed by atoms with Crippen LogP contribution in [-0.2, 0) is 27.4 Å². The monoisotopic (exact) mass is 367 g/mol. The molecule has 2 aromatic heterocycles. The highest BCUT2D eigenvalue weighted by molar-refractivity contribution is 7.90. The normalized spacial score (nSPS) is 18.5. The molecule has 25 heavy (non-hydrogen) atoms. The van der Waals surface area contributed by atoms with Gasteiger partial charge in [-0.15, -0.1) is 0 Å². The molecule has 0 saturated carbocycles. The average Bonchev–Trinajstić information content (AvgIpc) is 3.01. The summed E-state index contributed by atoms with van der Waals surface area (Å²) in [5.74, 6) is 2.13. The topological polar surface area (TPSA) is 111 Å². The molecule has 0 N–H and O–H groups in total. The molecule has 1 unspecified atom stereocenters. The number of aromatic nitrogens is 4. The fourth-order valence-electron chi connectivity index (χ4n) is 2.69. The van der Waals surface area contributed by atoms with Crippen LogP contribution in [0.1, 0.15) is 24.5 Å². The first-order chi connectivity index (χ1) is 11.9. The highest BCUT2D eigenvalue weighted by Crippen LogP contribution is 2.24. The molecule has 136 valence electrons. The van der Waals surface area contributed by atoms with Crippen molar-refractivity contribution in [3.8, 4) is 0 Å². The number of morpholine rings is 1. The Labute approximate surface area is 146 Å². The van der Waals surface area contributed by atoms with E-state index < -0.39 is 9.84 Å². The number of hydrogen-bond donors (Lipinski definition) is 0. The lowest BCUT2D eigenvalue weighted by atomic mass is 10.2. The van der Waals surface area contributed by atoms with Crippen molar-refractivity contribution in [2.75, 3.05) is 30.9 Å². The summed E-state index contributed by atoms with van der Waals surface area (Å²) >= 11 is 0. The second kappa shape index (κ2) is 7.04. The Balaban J connectivity index is 1.80. The maximum Gasteiger partial charge on any atom is 0.226 e. The number of anilines is 1. The van der Waals surface area contributed by atoms with E-state index in [0.29, 0.717) is 55.9 Å². The Morgan fingerprint density at radius 3 is 2.84 bits per heavy atom. The Morgan fingerprint density at radius 2 is 2.16 bits per heavy atom. The molecule has 0 spiro atoms. The fraction of sp³-hybridized carbons (Fsp3) is 0.600. The third-order valence-electron chi connectivity index (χ3n) is 3.92. The van der Waals surface area contributed by atoms with Crippen LogP contribution in [0.2, 0.25) is 0 Å². The molecule has 2 aromatic rings. The molecule has 0 bridgehead atoms. The van der Waals surface area contributed by atoms with E-state index in [1.165, 1.54) is 6.20 Å². The van der Waals surface area contributed by atoms with E-state index in [-0.39, 0.29) is 11.0 Å². The number of rotatable bonds is 5. The highest BCUT2D eigenvalue weighted by atomic mass is 32.2. The molecule has 0 amide bonds. The minimum atomic E-state index is -3.42. The average molecular weight is 367 g/mol. The highest BCUT2D eigenvalue weighted by Gasteiger charge is 2.27. The SMILES string of the molecule is CCc1nc(CC2CN(c3nc(C)ncc3S(C)(=O)=O)CCO2)no1. The maximum absolute atomic E-state index is 12.0. The lowest BCUT2D eigenvalue weighted by Gasteiger charge is -2.34. The van der Waals surface area contributed by atoms with Crippen molar-refractivity contribution in [3.63, 3.8) is 0 Å². The predicted molar refractivity (Wildman–Crippen MR) is 89.2 cm³/mol. The molecule has 3 heterocycles. The smallest absolute Gasteiger partial charge is 0.226 e. The van der Waals surface area contributed by atoms with E-state index in [1.807, 2.05) is 11.8 Å². The molecule has 0 aromatic carbocycles. The minimum absolute atomic E-state index is 0.131. The Bertz CT molecular complexity index is 851. The van der Waals surface area contributed by atoms with Gasteiger partial charge in [0.05, 0.1) is 18.9 Å². The van der Waals surface area contributed by atoms with E-state index in [1.54, 1.807) is 6.92 Å². The van der Waals surface area contributed by atoms with Crippen LogP contribution in [0.15, 0.2) is 15.6 Å². The van der Waals surface area contributed by atoms with Gasteiger partial charge < -0.3 is 14.2 Å². The van der Waals surface area contributed by atoms with Crippen molar-refractivity contribution in [1.29, 1.82) is 0 Å². The van der Waals surface area contributed by atoms with Crippen LogP contribution in [0.4, 0.5) is 5.82 Å². The molecule has 1 fully saturated rings. The first-order valence-electron chi connectivity index (χ1n) is 8.08. The first-order valence-corrected chi connectivity index (χ1v) is 9.97. The number of nitrogens with zero attached hydrogens (tertiary/aromatic N) is 5. The van der Waals surface area contributed by atoms with E-state index in [2.05, 4.69) is 20.1 Å². The quantitative estimate of drug-likeness (QED) is 0.749. The number of aryl methyl sites for hydroxylation is 2. The van der Waals surface area contributed by atoms with Crippen molar-refractivity contribution in [3.05, 3.63) is 23.7 Å². The molecule has 0 aliphatic carbocycles. The van der Waals surface area contributed by atoms with Gasteiger partial charge in [0, 0.05) is 32.2 Å². The lowest BCUT2D eigenvalue weighted by molar-refractivity contribution is 0.0390. The van der Waals surface area contributed by atoms with Gasteiger partial charge in [-0.05, 0) is 6.92 Å². The Morgan fingerprint density at radius 1 is 1.36 bits per heavy atom. The maximum atomic E-state index is 12.0. The Hall–Kier alpha value is -2.07. The molecular weight excluding hydrogens is 346 g/mol. The van der Waals surface area contributed by atoms with Gasteiger partial charge in [-0.2, -0.15) is 4.98 Å². The summed E-state index contributed by atoms with van der Waals surface area (Å²) in [6.07, 6.45) is 3.54. The van der Waals surface area contributed by atoms with Crippen LogP contribution < -0.4 is 4.90 Å². The van der Waals surface area contributed by atoms with Gasteiger partial charge in [0.1, 0.15) is 10.7 Å². The van der Waals surface area contributed by atoms with Gasteiger partial charge in [-0.3, -0.25) is 0 Å². The van der Waals surface area contributed by atoms with Crippen molar-refractivity contribution in [2.24, 2.45) is 0 Å². The van der Waals surface area contributed by atoms with Gasteiger partial charge in [-0.1, -0.05) is 12.1 Å². The molecule has 1 aliphatic rings. The zero-order valence-corrected chi connectivity index (χ0v) is 15.3. The van der Waals surface area contributed by atoms with Crippen molar-refractivity contribution in [2.45, 2.75) is 37.7 Å². The zero-order valence-electron chi connectivity index (χ0n) is 14.5. The molecule has 1 saturated heterocycles. The molecule has 1 atom stereocenters. The largest absolute Gasteiger partial charge is 0.374 e. The van der Waals surface area contributed by atoms with E-state index in [9.17, 15) is 8.42 Å². The van der Waals surface area contributed by atoms with Crippen LogP contribution in [-0.4, -0.2) is 60.6 Å². The standard InChI is InChI=1S/C15H21N5O4S/c1-4-14-18-13(19-24-14)7-11-9-20(5-6-23-11)15-12(25(3,21)22)8-16-10(2)17-15/h8,11H,4-7,9H2,1-3H3. The summed E-state index contributed by atoms with van der Waals surface area (Å²) in [5, 5.41) is 3.94. The molecule has 9 nitrogen and oxygen atoms in total. The summed E-state index contributed by atoms with van der Waals surface area (Å²) in [6.45, 7) is 5.20. The minimum Gasteiger partial charge on any atom is -0.374 e. The third kappa shape index (κ3) is 4.13. The van der Waals surface area contributed by atoms with E-state index in [4.69, 9.17) is 9.26 Å². The van der Waals surface area contributed by atoms with Crippen molar-refractivity contribution in [1.82, 2.24) is 20.1 Å². The summed E-state index contributed by atoms with van der Waals surface area (Å²) in [4.78, 5) is 14.7. The number of sulfone groups is 1. The number of hydrogen-bond acceptors (Lipinski definition) is 9. The molecule has 3 rings (SSSR count). The van der Waals surface area contributed by atoms with Gasteiger partial charge in [0.15, 0.2) is 21.5 Å². The third-order valence-corrected chi connectivity index (χ3v) is 5.00. The lowest BCUT2D eigenvalue weighted by Crippen LogP contribution is -2.44. The summed E-state index contributed by atoms with van der Waals surface area (Å²) < 4.78 is 35.0. The molecular formula is C15H21N5O4S. The Kier molecular flexibility index (Phi) is 5.00. The summed E-state index contributed by atoms with van der Waals surface area (Å²) in [7, 11) is -3.42. The molecule has 0 radical (unpaired) electrons. The zero-order chi connectivity index (χ0) is 18.0.